The molecule has 0 fully saturated rings. The zero-order valence-electron chi connectivity index (χ0n) is 11.5. The summed E-state index contributed by atoms with van der Waals surface area (Å²) in [7, 11) is 1.33. The van der Waals surface area contributed by atoms with Gasteiger partial charge in [-0.05, 0) is 17.2 Å². The van der Waals surface area contributed by atoms with Crippen LogP contribution in [0.1, 0.15) is 17.5 Å². The van der Waals surface area contributed by atoms with Gasteiger partial charge in [0.2, 0.25) is 5.91 Å². The van der Waals surface area contributed by atoms with Crippen molar-refractivity contribution < 1.29 is 24.2 Å². The Hall–Kier alpha value is -2.63. The SMILES string of the molecule is COC(=O)Cc1ccc(CN2C(=O)CC=C2C(=O)O)cc1. The molecule has 1 aromatic rings. The summed E-state index contributed by atoms with van der Waals surface area (Å²) < 4.78 is 4.58. The maximum Gasteiger partial charge on any atom is 0.352 e. The Morgan fingerprint density at radius 3 is 2.43 bits per heavy atom. The van der Waals surface area contributed by atoms with Gasteiger partial charge in [-0.2, -0.15) is 0 Å². The van der Waals surface area contributed by atoms with E-state index in [0.717, 1.165) is 11.1 Å². The lowest BCUT2D eigenvalue weighted by Gasteiger charge is -2.18. The van der Waals surface area contributed by atoms with Gasteiger partial charge in [-0.3, -0.25) is 9.59 Å². The fourth-order valence-corrected chi connectivity index (χ4v) is 2.10. The van der Waals surface area contributed by atoms with Gasteiger partial charge in [-0.1, -0.05) is 24.3 Å². The quantitative estimate of drug-likeness (QED) is 0.821. The minimum Gasteiger partial charge on any atom is -0.477 e. The molecule has 110 valence electrons. The van der Waals surface area contributed by atoms with E-state index in [4.69, 9.17) is 5.11 Å². The van der Waals surface area contributed by atoms with E-state index in [-0.39, 0.29) is 37.0 Å². The van der Waals surface area contributed by atoms with E-state index in [9.17, 15) is 14.4 Å². The number of esters is 1. The maximum atomic E-state index is 11.7. The molecule has 21 heavy (non-hydrogen) atoms. The smallest absolute Gasteiger partial charge is 0.352 e. The summed E-state index contributed by atoms with van der Waals surface area (Å²) in [6, 6.07) is 7.06. The molecule has 0 unspecified atom stereocenters. The second-order valence-electron chi connectivity index (χ2n) is 4.65. The largest absolute Gasteiger partial charge is 0.477 e. The highest BCUT2D eigenvalue weighted by Crippen LogP contribution is 2.20. The van der Waals surface area contributed by atoms with Crippen LogP contribution in [0.5, 0.6) is 0 Å². The van der Waals surface area contributed by atoms with Gasteiger partial charge >= 0.3 is 11.9 Å². The van der Waals surface area contributed by atoms with Crippen LogP contribution in [0.3, 0.4) is 0 Å². The van der Waals surface area contributed by atoms with Gasteiger partial charge in [0.25, 0.3) is 0 Å². The van der Waals surface area contributed by atoms with Crippen molar-refractivity contribution in [2.45, 2.75) is 19.4 Å². The predicted octanol–water partition coefficient (Wildman–Crippen LogP) is 1.10. The van der Waals surface area contributed by atoms with E-state index in [1.807, 2.05) is 0 Å². The number of hydrogen-bond donors (Lipinski definition) is 1. The van der Waals surface area contributed by atoms with Crippen LogP contribution in [0.25, 0.3) is 0 Å². The molecule has 0 aromatic heterocycles. The summed E-state index contributed by atoms with van der Waals surface area (Å²) in [6.45, 7) is 0.204. The van der Waals surface area contributed by atoms with Gasteiger partial charge < -0.3 is 14.7 Å². The van der Waals surface area contributed by atoms with Gasteiger partial charge in [0.1, 0.15) is 5.70 Å². The molecule has 0 atom stereocenters. The van der Waals surface area contributed by atoms with Crippen LogP contribution < -0.4 is 0 Å². The monoisotopic (exact) mass is 289 g/mol. The summed E-state index contributed by atoms with van der Waals surface area (Å²) in [4.78, 5) is 35.1. The van der Waals surface area contributed by atoms with E-state index in [2.05, 4.69) is 4.74 Å². The van der Waals surface area contributed by atoms with E-state index in [0.29, 0.717) is 0 Å². The topological polar surface area (TPSA) is 83.9 Å². The van der Waals surface area contributed by atoms with Crippen molar-refractivity contribution in [1.29, 1.82) is 0 Å². The average Bonchev–Trinajstić information content (AvgIpc) is 2.82. The predicted molar refractivity (Wildman–Crippen MR) is 73.0 cm³/mol. The number of carboxylic acid groups (broad SMARTS) is 1. The van der Waals surface area contributed by atoms with E-state index in [1.165, 1.54) is 18.1 Å². The number of carbonyl (C=O) groups is 3. The molecular formula is C15H15NO5. The first-order chi connectivity index (χ1) is 10.0. The van der Waals surface area contributed by atoms with Crippen LogP contribution in [0, 0.1) is 0 Å². The maximum absolute atomic E-state index is 11.7. The fourth-order valence-electron chi connectivity index (χ4n) is 2.10. The Labute approximate surface area is 121 Å². The number of methoxy groups -OCH3 is 1. The first kappa shape index (κ1) is 14.8. The number of carboxylic acids is 1. The number of ether oxygens (including phenoxy) is 1. The highest BCUT2D eigenvalue weighted by molar-refractivity contribution is 5.96. The lowest BCUT2D eigenvalue weighted by molar-refractivity contribution is -0.139. The summed E-state index contributed by atoms with van der Waals surface area (Å²) in [5.41, 5.74) is 1.61. The van der Waals surface area contributed by atoms with Gasteiger partial charge in [-0.25, -0.2) is 4.79 Å². The number of carbonyl (C=O) groups excluding carboxylic acids is 2. The van der Waals surface area contributed by atoms with E-state index in [1.54, 1.807) is 24.3 Å². The summed E-state index contributed by atoms with van der Waals surface area (Å²) in [5, 5.41) is 9.04. The summed E-state index contributed by atoms with van der Waals surface area (Å²) in [6.07, 6.45) is 1.71. The summed E-state index contributed by atoms with van der Waals surface area (Å²) >= 11 is 0. The third kappa shape index (κ3) is 3.47. The van der Waals surface area contributed by atoms with Crippen molar-refractivity contribution in [2.75, 3.05) is 7.11 Å². The molecule has 1 aromatic carbocycles. The van der Waals surface area contributed by atoms with Crippen LogP contribution in [0.4, 0.5) is 0 Å². The zero-order chi connectivity index (χ0) is 15.4. The van der Waals surface area contributed by atoms with Crippen molar-refractivity contribution in [1.82, 2.24) is 4.90 Å². The second-order valence-corrected chi connectivity index (χ2v) is 4.65. The third-order valence-electron chi connectivity index (χ3n) is 3.22. The molecule has 2 rings (SSSR count). The Morgan fingerprint density at radius 1 is 1.24 bits per heavy atom. The van der Waals surface area contributed by atoms with Crippen molar-refractivity contribution in [3.05, 3.63) is 47.2 Å². The van der Waals surface area contributed by atoms with Crippen LogP contribution >= 0.6 is 0 Å². The highest BCUT2D eigenvalue weighted by Gasteiger charge is 2.28. The lowest BCUT2D eigenvalue weighted by Crippen LogP contribution is -2.28. The average molecular weight is 289 g/mol. The van der Waals surface area contributed by atoms with Crippen molar-refractivity contribution in [3.63, 3.8) is 0 Å². The first-order valence-corrected chi connectivity index (χ1v) is 6.39. The Kier molecular flexibility index (Phi) is 4.37. The number of rotatable bonds is 5. The lowest BCUT2D eigenvalue weighted by atomic mass is 10.1. The third-order valence-corrected chi connectivity index (χ3v) is 3.22. The highest BCUT2D eigenvalue weighted by atomic mass is 16.5. The van der Waals surface area contributed by atoms with Crippen LogP contribution in [-0.2, 0) is 32.1 Å². The van der Waals surface area contributed by atoms with Crippen molar-refractivity contribution in [2.24, 2.45) is 0 Å². The van der Waals surface area contributed by atoms with E-state index < -0.39 is 5.97 Å². The Balaban J connectivity index is 2.06. The fraction of sp³-hybridized carbons (Fsp3) is 0.267. The molecule has 0 radical (unpaired) electrons. The normalized spacial score (nSPS) is 14.0. The second kappa shape index (κ2) is 6.21. The Bertz CT molecular complexity index is 603. The van der Waals surface area contributed by atoms with E-state index >= 15 is 0 Å². The number of hydrogen-bond acceptors (Lipinski definition) is 4. The molecule has 0 saturated heterocycles. The molecule has 0 saturated carbocycles. The Morgan fingerprint density at radius 2 is 1.86 bits per heavy atom. The van der Waals surface area contributed by atoms with Gasteiger partial charge in [0.15, 0.2) is 0 Å². The molecule has 1 aliphatic heterocycles. The zero-order valence-corrected chi connectivity index (χ0v) is 11.5. The number of nitrogens with zero attached hydrogens (tertiary/aromatic N) is 1. The van der Waals surface area contributed by atoms with Crippen molar-refractivity contribution in [3.8, 4) is 0 Å². The van der Waals surface area contributed by atoms with Crippen LogP contribution in [-0.4, -0.2) is 35.0 Å². The molecule has 1 heterocycles. The van der Waals surface area contributed by atoms with Gasteiger partial charge in [-0.15, -0.1) is 0 Å². The van der Waals surface area contributed by atoms with Gasteiger partial charge in [0.05, 0.1) is 20.1 Å². The first-order valence-electron chi connectivity index (χ1n) is 6.39. The minimum absolute atomic E-state index is 0.0126. The number of benzene rings is 1. The number of aliphatic carboxylic acids is 1. The molecule has 1 aliphatic rings. The summed E-state index contributed by atoms with van der Waals surface area (Å²) in [5.74, 6) is -1.66. The van der Waals surface area contributed by atoms with Crippen molar-refractivity contribution >= 4 is 17.8 Å². The molecule has 1 N–H and O–H groups in total. The number of amides is 1. The molecular weight excluding hydrogens is 274 g/mol. The van der Waals surface area contributed by atoms with Gasteiger partial charge in [0, 0.05) is 6.42 Å². The molecule has 0 spiro atoms. The molecule has 0 bridgehead atoms. The minimum atomic E-state index is -1.11. The standard InChI is InChI=1S/C15H15NO5/c1-21-14(18)8-10-2-4-11(5-3-10)9-16-12(15(19)20)6-7-13(16)17/h2-6H,7-9H2,1H3,(H,19,20). The molecule has 1 amide bonds. The van der Waals surface area contributed by atoms with Crippen LogP contribution in [0.2, 0.25) is 0 Å². The molecule has 0 aliphatic carbocycles. The van der Waals surface area contributed by atoms with Crippen LogP contribution in [0.15, 0.2) is 36.0 Å². The molecule has 6 heteroatoms. The molecule has 6 nitrogen and oxygen atoms in total.